The van der Waals surface area contributed by atoms with Gasteiger partial charge in [-0.15, -0.1) is 12.8 Å². The Bertz CT molecular complexity index is 1150. The predicted octanol–water partition coefficient (Wildman–Crippen LogP) is 11.1. The van der Waals surface area contributed by atoms with Crippen LogP contribution in [0, 0.1) is 48.4 Å². The quantitative estimate of drug-likeness (QED) is 0.0264. The van der Waals surface area contributed by atoms with Crippen LogP contribution in [0.2, 0.25) is 0 Å². The maximum absolute atomic E-state index is 11.0. The number of carbonyl (C=O) groups is 1. The number of carbonyl (C=O) groups excluding carboxylic acids is 1. The lowest BCUT2D eigenvalue weighted by atomic mass is 10.0. The second kappa shape index (κ2) is 39.0. The van der Waals surface area contributed by atoms with Gasteiger partial charge in [0, 0.05) is 6.42 Å². The minimum absolute atomic E-state index is 0.235. The molecule has 2 unspecified atom stereocenters. The minimum Gasteiger partial charge on any atom is -0.377 e. The molecule has 268 valence electrons. The van der Waals surface area contributed by atoms with Gasteiger partial charge in [0.25, 0.3) is 0 Å². The zero-order valence-electron chi connectivity index (χ0n) is 30.6. The van der Waals surface area contributed by atoms with Crippen molar-refractivity contribution in [2.45, 2.75) is 173 Å². The van der Waals surface area contributed by atoms with Crippen molar-refractivity contribution in [3.8, 4) is 48.4 Å². The molecule has 0 rings (SSSR count). The fourth-order valence-corrected chi connectivity index (χ4v) is 5.13. The summed E-state index contributed by atoms with van der Waals surface area (Å²) in [5.41, 5.74) is 0. The van der Waals surface area contributed by atoms with Crippen molar-refractivity contribution in [3.05, 3.63) is 60.8 Å². The second-order valence-corrected chi connectivity index (χ2v) is 12.6. The van der Waals surface area contributed by atoms with Crippen LogP contribution in [0.1, 0.15) is 161 Å². The van der Waals surface area contributed by atoms with Crippen LogP contribution in [0.25, 0.3) is 0 Å². The van der Waals surface area contributed by atoms with Crippen molar-refractivity contribution in [1.82, 2.24) is 0 Å². The normalized spacial score (nSPS) is 12.7. The summed E-state index contributed by atoms with van der Waals surface area (Å²) in [5, 5.41) is 19.2. The molecule has 3 heteroatoms. The first kappa shape index (κ1) is 45.5. The van der Waals surface area contributed by atoms with Gasteiger partial charge in [-0.2, -0.15) is 0 Å². The molecule has 3 nitrogen and oxygen atoms in total. The molecule has 0 fully saturated rings. The van der Waals surface area contributed by atoms with Crippen molar-refractivity contribution in [3.63, 3.8) is 0 Å². The van der Waals surface area contributed by atoms with E-state index in [1.165, 1.54) is 96.0 Å². The van der Waals surface area contributed by atoms with Crippen molar-refractivity contribution in [2.24, 2.45) is 0 Å². The molecule has 0 spiro atoms. The topological polar surface area (TPSA) is 57.5 Å². The third-order valence-corrected chi connectivity index (χ3v) is 8.05. The van der Waals surface area contributed by atoms with E-state index in [1.807, 2.05) is 18.2 Å². The Morgan fingerprint density at radius 1 is 0.531 bits per heavy atom. The number of hydrogen-bond acceptors (Lipinski definition) is 3. The molecule has 2 N–H and O–H groups in total. The van der Waals surface area contributed by atoms with E-state index in [2.05, 4.69) is 65.9 Å². The van der Waals surface area contributed by atoms with Crippen LogP contribution in [-0.2, 0) is 4.79 Å². The van der Waals surface area contributed by atoms with E-state index in [-0.39, 0.29) is 5.78 Å². The van der Waals surface area contributed by atoms with Crippen molar-refractivity contribution in [2.75, 3.05) is 0 Å². The Kier molecular flexibility index (Phi) is 36.2. The summed E-state index contributed by atoms with van der Waals surface area (Å²) >= 11 is 0. The first-order valence-electron chi connectivity index (χ1n) is 19.2. The standard InChI is InChI=1S/C46H66O3/c1-3-44(47)40-36-32-28-24-20-16-12-10-8-6-5-7-9-11-13-18-22-26-30-34-38-42-46(49)43-39-35-31-27-23-19-15-14-17-21-25-29-33-37-41-45(48)4-2/h1-2,13,15,18-19,30,34,36-37,40-41,45-46,48-49H,5-12,14,16-17,20-29,31-33,35H2. The van der Waals surface area contributed by atoms with Gasteiger partial charge >= 0.3 is 0 Å². The molecular weight excluding hydrogens is 601 g/mol. The molecular formula is C46H66O3. The SMILES string of the molecule is C#CC(=O)C=CCCCCCCCCCCCCCC=CCCC=CC#CC(O)C#CCCCCC=CCCCCCCC=CC(O)C#C. The Labute approximate surface area is 301 Å². The molecule has 0 aromatic heterocycles. The summed E-state index contributed by atoms with van der Waals surface area (Å²) in [6.45, 7) is 0. The predicted molar refractivity (Wildman–Crippen MR) is 211 cm³/mol. The fourth-order valence-electron chi connectivity index (χ4n) is 5.13. The van der Waals surface area contributed by atoms with Crippen LogP contribution in [0.5, 0.6) is 0 Å². The molecule has 0 radical (unpaired) electrons. The van der Waals surface area contributed by atoms with Gasteiger partial charge in [0.1, 0.15) is 6.10 Å². The number of rotatable bonds is 30. The highest BCUT2D eigenvalue weighted by Crippen LogP contribution is 2.13. The number of aliphatic hydroxyl groups excluding tert-OH is 2. The molecule has 0 aromatic carbocycles. The number of terminal acetylenes is 2. The number of ketones is 1. The molecule has 2 atom stereocenters. The van der Waals surface area contributed by atoms with Crippen LogP contribution >= 0.6 is 0 Å². The Balaban J connectivity index is 3.52. The summed E-state index contributed by atoms with van der Waals surface area (Å²) < 4.78 is 0. The molecule has 0 saturated carbocycles. The summed E-state index contributed by atoms with van der Waals surface area (Å²) in [4.78, 5) is 11.0. The van der Waals surface area contributed by atoms with E-state index in [0.29, 0.717) is 0 Å². The lowest BCUT2D eigenvalue weighted by Gasteiger charge is -2.02. The number of aliphatic hydroxyl groups is 2. The van der Waals surface area contributed by atoms with Crippen LogP contribution in [0.15, 0.2) is 60.8 Å². The molecule has 0 amide bonds. The number of unbranched alkanes of at least 4 members (excludes halogenated alkanes) is 21. The van der Waals surface area contributed by atoms with E-state index < -0.39 is 12.2 Å². The van der Waals surface area contributed by atoms with Gasteiger partial charge in [-0.3, -0.25) is 4.79 Å². The average molecular weight is 667 g/mol. The zero-order chi connectivity index (χ0) is 35.7. The molecule has 0 saturated heterocycles. The van der Waals surface area contributed by atoms with Gasteiger partial charge in [0.2, 0.25) is 5.78 Å². The van der Waals surface area contributed by atoms with Gasteiger partial charge in [-0.1, -0.05) is 143 Å². The fraction of sp³-hybridized carbons (Fsp3) is 0.587. The summed E-state index contributed by atoms with van der Waals surface area (Å²) in [7, 11) is 0. The largest absolute Gasteiger partial charge is 0.377 e. The monoisotopic (exact) mass is 667 g/mol. The highest BCUT2D eigenvalue weighted by atomic mass is 16.3. The van der Waals surface area contributed by atoms with Crippen molar-refractivity contribution < 1.29 is 15.0 Å². The Hall–Kier alpha value is -3.47. The van der Waals surface area contributed by atoms with E-state index >= 15 is 0 Å². The molecule has 0 aliphatic rings. The second-order valence-electron chi connectivity index (χ2n) is 12.6. The molecule has 0 aliphatic carbocycles. The minimum atomic E-state index is -0.876. The van der Waals surface area contributed by atoms with Crippen molar-refractivity contribution in [1.29, 1.82) is 0 Å². The van der Waals surface area contributed by atoms with Gasteiger partial charge in [0.15, 0.2) is 6.10 Å². The van der Waals surface area contributed by atoms with E-state index in [1.54, 1.807) is 6.08 Å². The van der Waals surface area contributed by atoms with Crippen molar-refractivity contribution >= 4 is 5.78 Å². The molecule has 0 aromatic rings. The molecule has 49 heavy (non-hydrogen) atoms. The summed E-state index contributed by atoms with van der Waals surface area (Å²) in [6, 6.07) is 0. The van der Waals surface area contributed by atoms with E-state index in [4.69, 9.17) is 12.8 Å². The van der Waals surface area contributed by atoms with E-state index in [0.717, 1.165) is 70.6 Å². The van der Waals surface area contributed by atoms with Crippen LogP contribution in [0.4, 0.5) is 0 Å². The average Bonchev–Trinajstić information content (AvgIpc) is 3.11. The molecule has 0 bridgehead atoms. The van der Waals surface area contributed by atoms with E-state index in [9.17, 15) is 15.0 Å². The molecule has 0 heterocycles. The van der Waals surface area contributed by atoms with Gasteiger partial charge in [-0.05, 0) is 108 Å². The third-order valence-electron chi connectivity index (χ3n) is 8.05. The lowest BCUT2D eigenvalue weighted by molar-refractivity contribution is -0.109. The Morgan fingerprint density at radius 2 is 0.980 bits per heavy atom. The maximum atomic E-state index is 11.0. The van der Waals surface area contributed by atoms with Crippen LogP contribution in [0.3, 0.4) is 0 Å². The van der Waals surface area contributed by atoms with Gasteiger partial charge in [-0.25, -0.2) is 0 Å². The summed E-state index contributed by atoms with van der Waals surface area (Å²) in [6.07, 6.45) is 58.0. The number of allylic oxidation sites excluding steroid dienone is 9. The van der Waals surface area contributed by atoms with Crippen LogP contribution in [-0.4, -0.2) is 28.2 Å². The Morgan fingerprint density at radius 3 is 1.51 bits per heavy atom. The highest BCUT2D eigenvalue weighted by Gasteiger charge is 1.95. The maximum Gasteiger partial charge on any atom is 0.228 e. The number of hydrogen-bond donors (Lipinski definition) is 2. The first-order valence-corrected chi connectivity index (χ1v) is 19.2. The summed E-state index contributed by atoms with van der Waals surface area (Å²) in [5.74, 6) is 15.7. The zero-order valence-corrected chi connectivity index (χ0v) is 30.6. The third kappa shape index (κ3) is 38.9. The van der Waals surface area contributed by atoms with Crippen LogP contribution < -0.4 is 0 Å². The smallest absolute Gasteiger partial charge is 0.228 e. The van der Waals surface area contributed by atoms with Gasteiger partial charge < -0.3 is 10.2 Å². The lowest BCUT2D eigenvalue weighted by Crippen LogP contribution is -1.97. The van der Waals surface area contributed by atoms with Gasteiger partial charge in [0.05, 0.1) is 0 Å². The molecule has 0 aliphatic heterocycles. The highest BCUT2D eigenvalue weighted by molar-refractivity contribution is 6.03. The first-order chi connectivity index (χ1) is 24.1.